The second-order valence-electron chi connectivity index (χ2n) is 8.84. The molecule has 5 nitrogen and oxygen atoms in total. The molecular formula is C20H25O5SSi. The molecule has 0 bridgehead atoms. The minimum atomic E-state index is -0.988. The van der Waals surface area contributed by atoms with Crippen molar-refractivity contribution in [3.63, 3.8) is 0 Å². The van der Waals surface area contributed by atoms with Gasteiger partial charge in [0.05, 0.1) is 13.2 Å². The van der Waals surface area contributed by atoms with Crippen LogP contribution >= 0.6 is 11.3 Å². The first-order valence-corrected chi connectivity index (χ1v) is 10.4. The van der Waals surface area contributed by atoms with E-state index in [4.69, 9.17) is 23.7 Å². The van der Waals surface area contributed by atoms with Gasteiger partial charge in [0.15, 0.2) is 5.60 Å². The topological polar surface area (TPSA) is 46.2 Å². The monoisotopic (exact) mass is 405 g/mol. The fraction of sp³-hybridized carbons (Fsp3) is 0.600. The Bertz CT molecular complexity index is 886. The van der Waals surface area contributed by atoms with Crippen LogP contribution in [0.15, 0.2) is 18.2 Å². The summed E-state index contributed by atoms with van der Waals surface area (Å²) in [5.74, 6) is 0.498. The van der Waals surface area contributed by atoms with Crippen molar-refractivity contribution in [2.45, 2.75) is 52.9 Å². The highest BCUT2D eigenvalue weighted by atomic mass is 32.1. The Labute approximate surface area is 167 Å². The number of hydrogen-bond acceptors (Lipinski definition) is 6. The SMILES string of the molecule is CCOc1c(C23OCC(C)(C)C2(C(C)(C)C)OO3)sc2ccc(O[Si])cc12. The maximum atomic E-state index is 6.39. The molecule has 1 aromatic carbocycles. The lowest BCUT2D eigenvalue weighted by molar-refractivity contribution is -0.625. The van der Waals surface area contributed by atoms with Gasteiger partial charge in [0, 0.05) is 20.9 Å². The van der Waals surface area contributed by atoms with Gasteiger partial charge in [0.2, 0.25) is 0 Å². The van der Waals surface area contributed by atoms with Crippen LogP contribution in [-0.2, 0) is 20.3 Å². The van der Waals surface area contributed by atoms with Gasteiger partial charge in [-0.05, 0) is 25.1 Å². The van der Waals surface area contributed by atoms with Gasteiger partial charge in [-0.15, -0.1) is 11.3 Å². The molecular weight excluding hydrogens is 380 g/mol. The molecule has 1 aromatic heterocycles. The van der Waals surface area contributed by atoms with E-state index in [9.17, 15) is 0 Å². The van der Waals surface area contributed by atoms with Gasteiger partial charge in [-0.1, -0.05) is 34.6 Å². The summed E-state index contributed by atoms with van der Waals surface area (Å²) in [5, 5.41) is 0.980. The zero-order valence-electron chi connectivity index (χ0n) is 16.6. The molecule has 0 saturated carbocycles. The van der Waals surface area contributed by atoms with Gasteiger partial charge in [-0.25, -0.2) is 4.89 Å². The van der Waals surface area contributed by atoms with E-state index in [2.05, 4.69) is 45.1 Å². The molecule has 0 spiro atoms. The molecule has 27 heavy (non-hydrogen) atoms. The molecule has 4 rings (SSSR count). The first-order valence-electron chi connectivity index (χ1n) is 9.18. The Balaban J connectivity index is 1.98. The molecule has 3 radical (unpaired) electrons. The number of ether oxygens (including phenoxy) is 2. The maximum Gasteiger partial charge on any atom is 0.341 e. The molecule has 145 valence electrons. The molecule has 2 fully saturated rings. The first kappa shape index (κ1) is 19.2. The summed E-state index contributed by atoms with van der Waals surface area (Å²) < 4.78 is 18.8. The highest BCUT2D eigenvalue weighted by Crippen LogP contribution is 2.71. The number of benzene rings is 1. The van der Waals surface area contributed by atoms with Gasteiger partial charge >= 0.3 is 10.5 Å². The average molecular weight is 406 g/mol. The summed E-state index contributed by atoms with van der Waals surface area (Å²) in [5.41, 5.74) is -1.07. The smallest absolute Gasteiger partial charge is 0.341 e. The number of hydrogen-bond donors (Lipinski definition) is 0. The number of rotatable bonds is 4. The van der Waals surface area contributed by atoms with E-state index in [1.165, 1.54) is 0 Å². The van der Waals surface area contributed by atoms with E-state index < -0.39 is 11.4 Å². The highest BCUT2D eigenvalue weighted by molar-refractivity contribution is 7.19. The van der Waals surface area contributed by atoms with Crippen LogP contribution in [-0.4, -0.2) is 29.3 Å². The van der Waals surface area contributed by atoms with Crippen LogP contribution in [0, 0.1) is 10.8 Å². The van der Waals surface area contributed by atoms with Crippen LogP contribution in [0.1, 0.15) is 46.4 Å². The van der Waals surface area contributed by atoms with Crippen LogP contribution in [0.5, 0.6) is 11.5 Å². The predicted molar refractivity (Wildman–Crippen MR) is 105 cm³/mol. The molecule has 0 N–H and O–H groups in total. The van der Waals surface area contributed by atoms with Crippen molar-refractivity contribution in [1.29, 1.82) is 0 Å². The van der Waals surface area contributed by atoms with Gasteiger partial charge in [0.25, 0.3) is 5.79 Å². The van der Waals surface area contributed by atoms with Crippen LogP contribution in [0.4, 0.5) is 0 Å². The molecule has 2 aromatic rings. The Morgan fingerprint density at radius 1 is 1.22 bits per heavy atom. The first-order chi connectivity index (χ1) is 12.6. The molecule has 0 aliphatic carbocycles. The van der Waals surface area contributed by atoms with Crippen molar-refractivity contribution in [3.05, 3.63) is 23.1 Å². The molecule has 2 atom stereocenters. The van der Waals surface area contributed by atoms with Crippen molar-refractivity contribution in [1.82, 2.24) is 0 Å². The fourth-order valence-corrected chi connectivity index (χ4v) is 6.16. The van der Waals surface area contributed by atoms with E-state index in [1.807, 2.05) is 25.1 Å². The number of fused-ring (bicyclic) bond motifs is 2. The minimum Gasteiger partial charge on any atom is -0.540 e. The van der Waals surface area contributed by atoms with Crippen LogP contribution < -0.4 is 9.16 Å². The van der Waals surface area contributed by atoms with Gasteiger partial charge in [0.1, 0.15) is 16.4 Å². The van der Waals surface area contributed by atoms with Crippen LogP contribution in [0.25, 0.3) is 10.1 Å². The van der Waals surface area contributed by atoms with Gasteiger partial charge in [-0.2, -0.15) is 4.89 Å². The van der Waals surface area contributed by atoms with E-state index >= 15 is 0 Å². The van der Waals surface area contributed by atoms with Gasteiger partial charge in [-0.3, -0.25) is 0 Å². The lowest BCUT2D eigenvalue weighted by Gasteiger charge is -2.60. The van der Waals surface area contributed by atoms with E-state index in [0.717, 1.165) is 20.7 Å². The summed E-state index contributed by atoms with van der Waals surface area (Å²) in [7, 11) is 3.11. The molecule has 2 unspecified atom stereocenters. The van der Waals surface area contributed by atoms with Gasteiger partial charge < -0.3 is 13.9 Å². The second-order valence-corrected chi connectivity index (χ2v) is 10.1. The summed E-state index contributed by atoms with van der Waals surface area (Å²) in [6.45, 7) is 13.9. The predicted octanol–water partition coefficient (Wildman–Crippen LogP) is 4.72. The van der Waals surface area contributed by atoms with Crippen LogP contribution in [0.2, 0.25) is 0 Å². The Morgan fingerprint density at radius 2 is 1.96 bits per heavy atom. The highest BCUT2D eigenvalue weighted by Gasteiger charge is 2.82. The minimum absolute atomic E-state index is 0.214. The summed E-state index contributed by atoms with van der Waals surface area (Å²) >= 11 is 1.62. The lowest BCUT2D eigenvalue weighted by atomic mass is 9.58. The third kappa shape index (κ3) is 2.26. The molecule has 0 amide bonds. The molecule has 3 heterocycles. The third-order valence-corrected chi connectivity index (χ3v) is 7.18. The average Bonchev–Trinajstić information content (AvgIpc) is 2.98. The van der Waals surface area contributed by atoms with E-state index in [0.29, 0.717) is 19.0 Å². The zero-order chi connectivity index (χ0) is 19.7. The molecule has 2 aliphatic heterocycles. The van der Waals surface area contributed by atoms with Crippen molar-refractivity contribution in [2.24, 2.45) is 10.8 Å². The second kappa shape index (κ2) is 5.94. The summed E-state index contributed by atoms with van der Waals surface area (Å²) in [6, 6.07) is 5.90. The van der Waals surface area contributed by atoms with Crippen LogP contribution in [0.3, 0.4) is 0 Å². The van der Waals surface area contributed by atoms with Crippen molar-refractivity contribution in [3.8, 4) is 11.5 Å². The Kier molecular flexibility index (Phi) is 4.22. The van der Waals surface area contributed by atoms with Crippen molar-refractivity contribution < 1.29 is 23.7 Å². The normalized spacial score (nSPS) is 29.4. The Morgan fingerprint density at radius 3 is 2.52 bits per heavy atom. The fourth-order valence-electron chi connectivity index (χ4n) is 4.79. The third-order valence-electron chi connectivity index (χ3n) is 5.71. The lowest BCUT2D eigenvalue weighted by Crippen LogP contribution is -2.72. The van der Waals surface area contributed by atoms with Crippen molar-refractivity contribution in [2.75, 3.05) is 13.2 Å². The van der Waals surface area contributed by atoms with E-state index in [-0.39, 0.29) is 10.8 Å². The zero-order valence-corrected chi connectivity index (χ0v) is 18.4. The maximum absolute atomic E-state index is 6.39. The van der Waals surface area contributed by atoms with E-state index in [1.54, 1.807) is 11.3 Å². The summed E-state index contributed by atoms with van der Waals surface area (Å²) in [6.07, 6.45) is 0. The quantitative estimate of drug-likeness (QED) is 0.544. The molecule has 2 aliphatic rings. The number of thiophene rings is 1. The standard InChI is InChI=1S/C20H25O5SSi/c1-7-21-15-13-10-12(23-27)8-9-14(13)26-16(15)19-20(25-24-19,17(2,3)4)18(5,6)11-22-19/h8-10H,7,11H2,1-6H3. The molecule has 2 saturated heterocycles. The Hall–Kier alpha value is -1.12. The summed E-state index contributed by atoms with van der Waals surface area (Å²) in [4.78, 5) is 12.7. The molecule has 7 heteroatoms. The van der Waals surface area contributed by atoms with Crippen molar-refractivity contribution >= 4 is 31.9 Å². The largest absolute Gasteiger partial charge is 0.540 e.